The second kappa shape index (κ2) is 10.8. The fourth-order valence-corrected chi connectivity index (χ4v) is 5.32. The third-order valence-electron chi connectivity index (χ3n) is 7.07. The van der Waals surface area contributed by atoms with Crippen molar-refractivity contribution in [2.24, 2.45) is 0 Å². The number of amides is 1. The zero-order chi connectivity index (χ0) is 30.3. The Morgan fingerprint density at radius 2 is 1.47 bits per heavy atom. The third kappa shape index (κ3) is 5.26. The number of furan rings is 1. The van der Waals surface area contributed by atoms with Gasteiger partial charge in [0.2, 0.25) is 21.8 Å². The van der Waals surface area contributed by atoms with Crippen molar-refractivity contribution in [3.8, 4) is 45.4 Å². The zero-order valence-electron chi connectivity index (χ0n) is 23.3. The molecule has 11 heteroatoms. The molecule has 0 fully saturated rings. The minimum absolute atomic E-state index is 0.229. The summed E-state index contributed by atoms with van der Waals surface area (Å²) in [6, 6.07) is 25.5. The Morgan fingerprint density at radius 1 is 0.814 bits per heavy atom. The molecule has 6 rings (SSSR count). The number of nitrogens with one attached hydrogen (secondary N) is 1. The van der Waals surface area contributed by atoms with Gasteiger partial charge in [-0.05, 0) is 60.2 Å². The summed E-state index contributed by atoms with van der Waals surface area (Å²) in [5.74, 6) is 0.0288. The molecule has 0 radical (unpaired) electrons. The molecule has 2 heterocycles. The predicted octanol–water partition coefficient (Wildman–Crippen LogP) is 6.38. The number of halogens is 1. The van der Waals surface area contributed by atoms with E-state index in [1.165, 1.54) is 38.4 Å². The van der Waals surface area contributed by atoms with Crippen LogP contribution in [0.15, 0.2) is 99.8 Å². The highest BCUT2D eigenvalue weighted by atomic mass is 32.2. The number of benzene rings is 4. The summed E-state index contributed by atoms with van der Waals surface area (Å²) in [5, 5.41) is 11.5. The van der Waals surface area contributed by atoms with E-state index in [-0.39, 0.29) is 22.8 Å². The first-order valence-electron chi connectivity index (χ1n) is 13.2. The molecule has 0 unspecified atom stereocenters. The number of carbonyl (C=O) groups is 1. The highest BCUT2D eigenvalue weighted by Gasteiger charge is 2.26. The summed E-state index contributed by atoms with van der Waals surface area (Å²) in [5.41, 5.74) is 3.88. The van der Waals surface area contributed by atoms with Crippen LogP contribution >= 0.6 is 0 Å². The molecule has 2 aromatic heterocycles. The van der Waals surface area contributed by atoms with Gasteiger partial charge in [0.05, 0.1) is 17.5 Å². The van der Waals surface area contributed by atoms with Gasteiger partial charge in [0, 0.05) is 47.8 Å². The molecular weight excluding hydrogens is 571 g/mol. The van der Waals surface area contributed by atoms with Gasteiger partial charge >= 0.3 is 0 Å². The Labute approximate surface area is 246 Å². The van der Waals surface area contributed by atoms with Crippen molar-refractivity contribution in [2.45, 2.75) is 0 Å². The van der Waals surface area contributed by atoms with Crippen LogP contribution in [0.3, 0.4) is 0 Å². The molecule has 216 valence electrons. The second-order valence-electron chi connectivity index (χ2n) is 9.85. The van der Waals surface area contributed by atoms with Crippen LogP contribution < -0.4 is 9.62 Å². The number of sulfonamides is 1. The molecule has 0 saturated carbocycles. The lowest BCUT2D eigenvalue weighted by Gasteiger charge is -2.21. The van der Waals surface area contributed by atoms with Gasteiger partial charge in [-0.1, -0.05) is 30.3 Å². The average molecular weight is 597 g/mol. The number of hydrogen-bond donors (Lipinski definition) is 1. The number of anilines is 1. The van der Waals surface area contributed by atoms with Crippen molar-refractivity contribution in [3.63, 3.8) is 0 Å². The highest BCUT2D eigenvalue weighted by Crippen LogP contribution is 2.42. The third-order valence-corrected chi connectivity index (χ3v) is 8.26. The first-order valence-corrected chi connectivity index (χ1v) is 15.0. The standard InChI is InChI=1S/C32H25FN4O5S/c1-34-30(38)28-25-17-24(21-10-7-11-22(16-21)32-36-35-31(42-32)20-8-5-4-6-9-20)26(37(2)43(3,39)40)18-27(25)41-29(28)19-12-14-23(33)15-13-19/h4-18H,1-3H3,(H,34,38). The Bertz CT molecular complexity index is 2090. The molecule has 0 saturated heterocycles. The molecule has 0 aliphatic rings. The van der Waals surface area contributed by atoms with E-state index >= 15 is 0 Å². The van der Waals surface area contributed by atoms with Gasteiger partial charge in [-0.25, -0.2) is 12.8 Å². The first kappa shape index (κ1) is 27.9. The maximum absolute atomic E-state index is 13.7. The van der Waals surface area contributed by atoms with E-state index < -0.39 is 21.7 Å². The zero-order valence-corrected chi connectivity index (χ0v) is 24.1. The van der Waals surface area contributed by atoms with Crippen molar-refractivity contribution in [2.75, 3.05) is 24.7 Å². The predicted molar refractivity (Wildman–Crippen MR) is 162 cm³/mol. The molecule has 0 aliphatic heterocycles. The van der Waals surface area contributed by atoms with Crippen LogP contribution in [0.4, 0.5) is 10.1 Å². The summed E-state index contributed by atoms with van der Waals surface area (Å²) in [4.78, 5) is 13.2. The lowest BCUT2D eigenvalue weighted by atomic mass is 9.97. The summed E-state index contributed by atoms with van der Waals surface area (Å²) in [7, 11) is -0.754. The summed E-state index contributed by atoms with van der Waals surface area (Å²) >= 11 is 0. The van der Waals surface area contributed by atoms with Crippen molar-refractivity contribution < 1.29 is 26.4 Å². The quantitative estimate of drug-likeness (QED) is 0.227. The molecule has 1 amide bonds. The molecule has 1 N–H and O–H groups in total. The molecule has 0 aliphatic carbocycles. The minimum Gasteiger partial charge on any atom is -0.455 e. The lowest BCUT2D eigenvalue weighted by Crippen LogP contribution is -2.25. The molecule has 43 heavy (non-hydrogen) atoms. The largest absolute Gasteiger partial charge is 0.455 e. The topological polar surface area (TPSA) is 119 Å². The summed E-state index contributed by atoms with van der Waals surface area (Å²) < 4.78 is 52.4. The van der Waals surface area contributed by atoms with Crippen molar-refractivity contribution in [1.29, 1.82) is 0 Å². The molecular formula is C32H25FN4O5S. The van der Waals surface area contributed by atoms with Gasteiger partial charge in [-0.3, -0.25) is 9.10 Å². The van der Waals surface area contributed by atoms with Crippen LogP contribution in [-0.2, 0) is 10.0 Å². The highest BCUT2D eigenvalue weighted by molar-refractivity contribution is 7.92. The van der Waals surface area contributed by atoms with Crippen molar-refractivity contribution >= 4 is 32.6 Å². The van der Waals surface area contributed by atoms with Crippen molar-refractivity contribution in [3.05, 3.63) is 102 Å². The fourth-order valence-electron chi connectivity index (χ4n) is 4.81. The molecule has 6 aromatic rings. The van der Waals surface area contributed by atoms with Crippen LogP contribution in [-0.4, -0.2) is 44.9 Å². The Balaban J connectivity index is 1.55. The van der Waals surface area contributed by atoms with E-state index in [1.807, 2.05) is 48.5 Å². The lowest BCUT2D eigenvalue weighted by molar-refractivity contribution is 0.0964. The van der Waals surface area contributed by atoms with Gasteiger partial charge in [0.15, 0.2) is 0 Å². The molecule has 0 bridgehead atoms. The maximum atomic E-state index is 13.7. The van der Waals surface area contributed by atoms with Gasteiger partial charge in [-0.15, -0.1) is 10.2 Å². The summed E-state index contributed by atoms with van der Waals surface area (Å²) in [6.45, 7) is 0. The molecule has 4 aromatic carbocycles. The van der Waals surface area contributed by atoms with E-state index in [9.17, 15) is 17.6 Å². The monoisotopic (exact) mass is 596 g/mol. The number of hydrogen-bond acceptors (Lipinski definition) is 7. The second-order valence-corrected chi connectivity index (χ2v) is 11.9. The van der Waals surface area contributed by atoms with Crippen LogP contribution in [0.25, 0.3) is 56.3 Å². The normalized spacial score (nSPS) is 11.5. The molecule has 0 spiro atoms. The number of fused-ring (bicyclic) bond motifs is 1. The first-order chi connectivity index (χ1) is 20.6. The average Bonchev–Trinajstić information content (AvgIpc) is 3.66. The molecule has 9 nitrogen and oxygen atoms in total. The number of aromatic nitrogens is 2. The van der Waals surface area contributed by atoms with Crippen LogP contribution in [0.5, 0.6) is 0 Å². The van der Waals surface area contributed by atoms with Crippen molar-refractivity contribution in [1.82, 2.24) is 15.5 Å². The fraction of sp³-hybridized carbons (Fsp3) is 0.0938. The van der Waals surface area contributed by atoms with Crippen LogP contribution in [0, 0.1) is 5.82 Å². The number of nitrogens with zero attached hydrogens (tertiary/aromatic N) is 3. The van der Waals surface area contributed by atoms with E-state index in [4.69, 9.17) is 8.83 Å². The van der Waals surface area contributed by atoms with Gasteiger partial charge < -0.3 is 14.2 Å². The van der Waals surface area contributed by atoms with Gasteiger partial charge in [-0.2, -0.15) is 0 Å². The number of carbonyl (C=O) groups excluding carboxylic acids is 1. The van der Waals surface area contributed by atoms with Gasteiger partial charge in [0.1, 0.15) is 17.2 Å². The minimum atomic E-state index is -3.70. The smallest absolute Gasteiger partial charge is 0.255 e. The number of rotatable bonds is 7. The van der Waals surface area contributed by atoms with E-state index in [0.29, 0.717) is 39.2 Å². The van der Waals surface area contributed by atoms with E-state index in [0.717, 1.165) is 16.1 Å². The Kier molecular flexibility index (Phi) is 7.02. The van der Waals surface area contributed by atoms with Gasteiger partial charge in [0.25, 0.3) is 5.91 Å². The summed E-state index contributed by atoms with van der Waals surface area (Å²) in [6.07, 6.45) is 1.10. The van der Waals surface area contributed by atoms with Crippen LogP contribution in [0.2, 0.25) is 0 Å². The Hall–Kier alpha value is -5.29. The maximum Gasteiger partial charge on any atom is 0.255 e. The van der Waals surface area contributed by atoms with E-state index in [1.54, 1.807) is 18.2 Å². The van der Waals surface area contributed by atoms with Crippen LogP contribution in [0.1, 0.15) is 10.4 Å². The molecule has 0 atom stereocenters. The Morgan fingerprint density at radius 3 is 2.14 bits per heavy atom. The SMILES string of the molecule is CNC(=O)c1c(-c2ccc(F)cc2)oc2cc(N(C)S(C)(=O)=O)c(-c3cccc(-c4nnc(-c5ccccc5)o4)c3)cc12. The van der Waals surface area contributed by atoms with E-state index in [2.05, 4.69) is 15.5 Å².